The van der Waals surface area contributed by atoms with Gasteiger partial charge in [0.05, 0.1) is 0 Å². The average molecular weight is 180 g/mol. The van der Waals surface area contributed by atoms with Gasteiger partial charge in [0.15, 0.2) is 0 Å². The maximum atomic E-state index is 5.64. The zero-order valence-corrected chi connectivity index (χ0v) is 8.37. The van der Waals surface area contributed by atoms with Crippen LogP contribution in [0.1, 0.15) is 27.2 Å². The molecule has 13 heavy (non-hydrogen) atoms. The third-order valence-corrected chi connectivity index (χ3v) is 1.98. The fourth-order valence-corrected chi connectivity index (χ4v) is 0.843. The Morgan fingerprint density at radius 1 is 1.46 bits per heavy atom. The highest BCUT2D eigenvalue weighted by molar-refractivity contribution is 5.31. The highest BCUT2D eigenvalue weighted by Gasteiger charge is 2.17. The summed E-state index contributed by atoms with van der Waals surface area (Å²) in [6, 6.07) is 5.39. The summed E-state index contributed by atoms with van der Waals surface area (Å²) in [6.45, 7) is 6.13. The van der Waals surface area contributed by atoms with E-state index in [9.17, 15) is 0 Å². The summed E-state index contributed by atoms with van der Waals surface area (Å²) in [5, 5.41) is 0. The highest BCUT2D eigenvalue weighted by atomic mass is 16.5. The largest absolute Gasteiger partial charge is 0.472 e. The van der Waals surface area contributed by atoms with E-state index in [0.29, 0.717) is 11.7 Å². The predicted molar refractivity (Wildman–Crippen MR) is 53.6 cm³/mol. The molecule has 3 nitrogen and oxygen atoms in total. The molecule has 0 bridgehead atoms. The third-order valence-electron chi connectivity index (χ3n) is 1.98. The Morgan fingerprint density at radius 3 is 2.69 bits per heavy atom. The van der Waals surface area contributed by atoms with Gasteiger partial charge in [0.2, 0.25) is 5.88 Å². The van der Waals surface area contributed by atoms with Crippen LogP contribution >= 0.6 is 0 Å². The zero-order chi connectivity index (χ0) is 9.90. The first-order chi connectivity index (χ1) is 6.03. The Labute approximate surface area is 78.9 Å². The summed E-state index contributed by atoms with van der Waals surface area (Å²) in [4.78, 5) is 4.06. The van der Waals surface area contributed by atoms with E-state index in [1.54, 1.807) is 6.07 Å². The van der Waals surface area contributed by atoms with Gasteiger partial charge in [-0.1, -0.05) is 13.0 Å². The molecule has 0 aromatic carbocycles. The molecule has 2 N–H and O–H groups in total. The molecule has 72 valence electrons. The molecule has 0 unspecified atom stereocenters. The van der Waals surface area contributed by atoms with Gasteiger partial charge < -0.3 is 10.5 Å². The number of nitrogens with zero attached hydrogens (tertiary/aromatic N) is 1. The molecule has 1 heterocycles. The zero-order valence-electron chi connectivity index (χ0n) is 8.37. The monoisotopic (exact) mass is 180 g/mol. The molecule has 3 heteroatoms. The number of hydrogen-bond acceptors (Lipinski definition) is 3. The van der Waals surface area contributed by atoms with Crippen molar-refractivity contribution in [2.75, 3.05) is 5.73 Å². The maximum absolute atomic E-state index is 5.64. The number of nitrogens with two attached hydrogens (primary N) is 1. The van der Waals surface area contributed by atoms with Crippen molar-refractivity contribution in [1.29, 1.82) is 0 Å². The molecule has 0 saturated carbocycles. The number of pyridine rings is 1. The van der Waals surface area contributed by atoms with E-state index in [1.807, 2.05) is 26.0 Å². The van der Waals surface area contributed by atoms with Gasteiger partial charge in [-0.15, -0.1) is 0 Å². The Bertz CT molecular complexity index is 284. The maximum Gasteiger partial charge on any atom is 0.215 e. The minimum atomic E-state index is -0.180. The van der Waals surface area contributed by atoms with Crippen LogP contribution in [0.3, 0.4) is 0 Å². The molecule has 0 spiro atoms. The van der Waals surface area contributed by atoms with Crippen molar-refractivity contribution in [3.63, 3.8) is 0 Å². The molecule has 0 fully saturated rings. The molecule has 0 aliphatic rings. The van der Waals surface area contributed by atoms with Crippen molar-refractivity contribution in [1.82, 2.24) is 4.98 Å². The number of ether oxygens (including phenoxy) is 1. The molecule has 0 aliphatic carbocycles. The van der Waals surface area contributed by atoms with Gasteiger partial charge >= 0.3 is 0 Å². The van der Waals surface area contributed by atoms with Gasteiger partial charge in [-0.2, -0.15) is 4.98 Å². The molecule has 0 saturated heterocycles. The van der Waals surface area contributed by atoms with Gasteiger partial charge in [-0.3, -0.25) is 0 Å². The van der Waals surface area contributed by atoms with Crippen LogP contribution in [-0.2, 0) is 0 Å². The molecule has 1 aromatic rings. The molecule has 0 aliphatic heterocycles. The normalized spacial score (nSPS) is 11.3. The molecule has 1 aromatic heterocycles. The van der Waals surface area contributed by atoms with Crippen molar-refractivity contribution in [2.24, 2.45) is 0 Å². The fraction of sp³-hybridized carbons (Fsp3) is 0.500. The lowest BCUT2D eigenvalue weighted by Gasteiger charge is -2.23. The topological polar surface area (TPSA) is 48.1 Å². The Hall–Kier alpha value is -1.25. The van der Waals surface area contributed by atoms with Gasteiger partial charge in [-0.25, -0.2) is 0 Å². The van der Waals surface area contributed by atoms with Crippen LogP contribution in [-0.4, -0.2) is 10.6 Å². The van der Waals surface area contributed by atoms with Crippen molar-refractivity contribution < 1.29 is 4.74 Å². The number of hydrogen-bond donors (Lipinski definition) is 1. The second-order valence-corrected chi connectivity index (χ2v) is 3.62. The summed E-state index contributed by atoms with van der Waals surface area (Å²) < 4.78 is 5.64. The minimum Gasteiger partial charge on any atom is -0.472 e. The van der Waals surface area contributed by atoms with E-state index < -0.39 is 0 Å². The number of nitrogen functional groups attached to an aromatic ring is 1. The van der Waals surface area contributed by atoms with Crippen molar-refractivity contribution in [2.45, 2.75) is 32.8 Å². The Balaban J connectivity index is 2.74. The van der Waals surface area contributed by atoms with Crippen LogP contribution in [0, 0.1) is 0 Å². The number of rotatable bonds is 3. The van der Waals surface area contributed by atoms with E-state index in [4.69, 9.17) is 10.5 Å². The van der Waals surface area contributed by atoms with E-state index in [-0.39, 0.29) is 5.60 Å². The summed E-state index contributed by atoms with van der Waals surface area (Å²) in [5.74, 6) is 1.08. The summed E-state index contributed by atoms with van der Waals surface area (Å²) >= 11 is 0. The highest BCUT2D eigenvalue weighted by Crippen LogP contribution is 2.18. The number of aromatic nitrogens is 1. The number of anilines is 1. The molecule has 1 rings (SSSR count). The smallest absolute Gasteiger partial charge is 0.215 e. The lowest BCUT2D eigenvalue weighted by Crippen LogP contribution is -2.27. The van der Waals surface area contributed by atoms with Gasteiger partial charge in [-0.05, 0) is 26.3 Å². The summed E-state index contributed by atoms with van der Waals surface area (Å²) in [6.07, 6.45) is 0.934. The first-order valence-electron chi connectivity index (χ1n) is 4.45. The van der Waals surface area contributed by atoms with E-state index in [1.165, 1.54) is 0 Å². The fourth-order valence-electron chi connectivity index (χ4n) is 0.843. The van der Waals surface area contributed by atoms with Crippen molar-refractivity contribution >= 4 is 5.82 Å². The molecule has 0 radical (unpaired) electrons. The van der Waals surface area contributed by atoms with Crippen LogP contribution in [0.25, 0.3) is 0 Å². The van der Waals surface area contributed by atoms with Gasteiger partial charge in [0.1, 0.15) is 11.4 Å². The summed E-state index contributed by atoms with van der Waals surface area (Å²) in [5.41, 5.74) is 5.35. The van der Waals surface area contributed by atoms with Crippen molar-refractivity contribution in [3.05, 3.63) is 18.2 Å². The Kier molecular flexibility index (Phi) is 2.76. The third kappa shape index (κ3) is 2.93. The lowest BCUT2D eigenvalue weighted by molar-refractivity contribution is 0.0993. The predicted octanol–water partition coefficient (Wildman–Crippen LogP) is 2.23. The SMILES string of the molecule is CCC(C)(C)Oc1cccc(N)n1. The van der Waals surface area contributed by atoms with Gasteiger partial charge in [0.25, 0.3) is 0 Å². The Morgan fingerprint density at radius 2 is 2.15 bits per heavy atom. The standard InChI is InChI=1S/C10H16N2O/c1-4-10(2,3)13-9-7-5-6-8(11)12-9/h5-7H,4H2,1-3H3,(H2,11,12). The molecule has 0 amide bonds. The van der Waals surface area contributed by atoms with Crippen LogP contribution in [0.2, 0.25) is 0 Å². The van der Waals surface area contributed by atoms with E-state index in [0.717, 1.165) is 6.42 Å². The molecular weight excluding hydrogens is 164 g/mol. The van der Waals surface area contributed by atoms with E-state index in [2.05, 4.69) is 11.9 Å². The first-order valence-corrected chi connectivity index (χ1v) is 4.45. The minimum absolute atomic E-state index is 0.180. The van der Waals surface area contributed by atoms with Crippen LogP contribution in [0.15, 0.2) is 18.2 Å². The molecule has 0 atom stereocenters. The first kappa shape index (κ1) is 9.84. The second kappa shape index (κ2) is 3.64. The average Bonchev–Trinajstić information content (AvgIpc) is 2.03. The van der Waals surface area contributed by atoms with Crippen LogP contribution in [0.5, 0.6) is 5.88 Å². The molecular formula is C10H16N2O. The lowest BCUT2D eigenvalue weighted by atomic mass is 10.1. The van der Waals surface area contributed by atoms with Crippen molar-refractivity contribution in [3.8, 4) is 5.88 Å². The van der Waals surface area contributed by atoms with Gasteiger partial charge in [0, 0.05) is 6.07 Å². The summed E-state index contributed by atoms with van der Waals surface area (Å²) in [7, 11) is 0. The van der Waals surface area contributed by atoms with E-state index >= 15 is 0 Å². The van der Waals surface area contributed by atoms with Crippen LogP contribution < -0.4 is 10.5 Å². The quantitative estimate of drug-likeness (QED) is 0.776. The second-order valence-electron chi connectivity index (χ2n) is 3.62. The van der Waals surface area contributed by atoms with Crippen LogP contribution in [0.4, 0.5) is 5.82 Å².